The maximum atomic E-state index is 12.1. The lowest BCUT2D eigenvalue weighted by atomic mass is 10.1. The summed E-state index contributed by atoms with van der Waals surface area (Å²) in [5.41, 5.74) is 13.3. The molecule has 1 aromatic carbocycles. The Bertz CT molecular complexity index is 563. The molecule has 1 aromatic heterocycles. The molecule has 0 aliphatic heterocycles. The SMILES string of the molecule is Nc1ccc(C(=O)c2cc(CO)cs2)cc1N. The number of ketones is 1. The number of hydrogen-bond acceptors (Lipinski definition) is 5. The van der Waals surface area contributed by atoms with Crippen molar-refractivity contribution in [2.45, 2.75) is 6.61 Å². The number of carbonyl (C=O) groups is 1. The number of benzene rings is 1. The van der Waals surface area contributed by atoms with Crippen molar-refractivity contribution in [3.05, 3.63) is 45.6 Å². The maximum absolute atomic E-state index is 12.1. The average molecular weight is 248 g/mol. The highest BCUT2D eigenvalue weighted by Crippen LogP contribution is 2.22. The van der Waals surface area contributed by atoms with Crippen LogP contribution in [0.15, 0.2) is 29.6 Å². The van der Waals surface area contributed by atoms with Gasteiger partial charge in [-0.25, -0.2) is 0 Å². The van der Waals surface area contributed by atoms with Crippen molar-refractivity contribution in [3.63, 3.8) is 0 Å². The number of carbonyl (C=O) groups excluding carboxylic acids is 1. The number of nitrogen functional groups attached to an aromatic ring is 2. The van der Waals surface area contributed by atoms with Crippen LogP contribution in [0.4, 0.5) is 11.4 Å². The van der Waals surface area contributed by atoms with Gasteiger partial charge in [-0.15, -0.1) is 11.3 Å². The summed E-state index contributed by atoms with van der Waals surface area (Å²) in [5.74, 6) is -0.110. The molecule has 0 saturated heterocycles. The molecule has 0 aliphatic rings. The summed E-state index contributed by atoms with van der Waals surface area (Å²) < 4.78 is 0. The standard InChI is InChI=1S/C12H12N2O2S/c13-9-2-1-8(4-10(9)14)12(16)11-3-7(5-15)6-17-11/h1-4,6,15H,5,13-14H2. The van der Waals surface area contributed by atoms with Crippen LogP contribution in [0.3, 0.4) is 0 Å². The molecular formula is C12H12N2O2S. The minimum absolute atomic E-state index is 0.0618. The first-order valence-electron chi connectivity index (χ1n) is 5.00. The Morgan fingerprint density at radius 2 is 2.00 bits per heavy atom. The van der Waals surface area contributed by atoms with E-state index in [9.17, 15) is 4.79 Å². The molecule has 4 nitrogen and oxygen atoms in total. The van der Waals surface area contributed by atoms with Gasteiger partial charge in [-0.3, -0.25) is 4.79 Å². The first kappa shape index (κ1) is 11.6. The number of hydrogen-bond donors (Lipinski definition) is 3. The summed E-state index contributed by atoms with van der Waals surface area (Å²) >= 11 is 1.31. The Balaban J connectivity index is 2.33. The van der Waals surface area contributed by atoms with Crippen LogP contribution in [0, 0.1) is 0 Å². The number of nitrogens with two attached hydrogens (primary N) is 2. The van der Waals surface area contributed by atoms with Gasteiger partial charge in [0.15, 0.2) is 0 Å². The van der Waals surface area contributed by atoms with Crippen molar-refractivity contribution < 1.29 is 9.90 Å². The fourth-order valence-electron chi connectivity index (χ4n) is 1.44. The number of anilines is 2. The van der Waals surface area contributed by atoms with Crippen molar-refractivity contribution in [2.75, 3.05) is 11.5 Å². The molecule has 0 atom stereocenters. The predicted octanol–water partition coefficient (Wildman–Crippen LogP) is 1.64. The maximum Gasteiger partial charge on any atom is 0.203 e. The van der Waals surface area contributed by atoms with E-state index in [0.29, 0.717) is 21.8 Å². The lowest BCUT2D eigenvalue weighted by Gasteiger charge is -2.02. The summed E-state index contributed by atoms with van der Waals surface area (Å²) in [4.78, 5) is 12.7. The van der Waals surface area contributed by atoms with Gasteiger partial charge in [-0.05, 0) is 35.2 Å². The van der Waals surface area contributed by atoms with E-state index >= 15 is 0 Å². The quantitative estimate of drug-likeness (QED) is 0.569. The normalized spacial score (nSPS) is 10.4. The summed E-state index contributed by atoms with van der Waals surface area (Å²) in [6.45, 7) is -0.0618. The van der Waals surface area contributed by atoms with Crippen LogP contribution >= 0.6 is 11.3 Å². The highest BCUT2D eigenvalue weighted by atomic mass is 32.1. The molecule has 0 unspecified atom stereocenters. The third-order valence-electron chi connectivity index (χ3n) is 2.41. The third kappa shape index (κ3) is 2.30. The molecule has 0 aliphatic carbocycles. The first-order chi connectivity index (χ1) is 8.11. The summed E-state index contributed by atoms with van der Waals surface area (Å²) in [6, 6.07) is 6.51. The molecule has 0 radical (unpaired) electrons. The van der Waals surface area contributed by atoms with Crippen LogP contribution in [0.2, 0.25) is 0 Å². The predicted molar refractivity (Wildman–Crippen MR) is 68.9 cm³/mol. The Morgan fingerprint density at radius 3 is 2.59 bits per heavy atom. The van der Waals surface area contributed by atoms with Crippen molar-refractivity contribution in [1.29, 1.82) is 0 Å². The van der Waals surface area contributed by atoms with Gasteiger partial charge >= 0.3 is 0 Å². The molecule has 2 rings (SSSR count). The van der Waals surface area contributed by atoms with E-state index in [0.717, 1.165) is 5.56 Å². The second-order valence-corrected chi connectivity index (χ2v) is 4.56. The number of thiophene rings is 1. The van der Waals surface area contributed by atoms with Crippen molar-refractivity contribution >= 4 is 28.5 Å². The largest absolute Gasteiger partial charge is 0.397 e. The summed E-state index contributed by atoms with van der Waals surface area (Å²) in [7, 11) is 0. The Morgan fingerprint density at radius 1 is 1.24 bits per heavy atom. The number of aliphatic hydroxyl groups excluding tert-OH is 1. The van der Waals surface area contributed by atoms with E-state index in [1.165, 1.54) is 11.3 Å². The zero-order valence-corrected chi connectivity index (χ0v) is 9.83. The van der Waals surface area contributed by atoms with Crippen LogP contribution in [0.1, 0.15) is 20.8 Å². The molecule has 0 amide bonds. The fourth-order valence-corrected chi connectivity index (χ4v) is 2.30. The zero-order chi connectivity index (χ0) is 12.4. The fraction of sp³-hybridized carbons (Fsp3) is 0.0833. The monoisotopic (exact) mass is 248 g/mol. The highest BCUT2D eigenvalue weighted by molar-refractivity contribution is 7.12. The minimum atomic E-state index is -0.110. The summed E-state index contributed by atoms with van der Waals surface area (Å²) in [6.07, 6.45) is 0. The van der Waals surface area contributed by atoms with Gasteiger partial charge in [0.1, 0.15) is 0 Å². The molecule has 5 heteroatoms. The molecule has 1 heterocycles. The van der Waals surface area contributed by atoms with Crippen LogP contribution in [0.25, 0.3) is 0 Å². The van der Waals surface area contributed by atoms with Crippen LogP contribution in [-0.4, -0.2) is 10.9 Å². The molecule has 88 valence electrons. The van der Waals surface area contributed by atoms with Crippen LogP contribution < -0.4 is 11.5 Å². The van der Waals surface area contributed by atoms with Gasteiger partial charge in [0.25, 0.3) is 0 Å². The Kier molecular flexibility index (Phi) is 3.12. The molecule has 0 saturated carbocycles. The molecule has 0 bridgehead atoms. The van der Waals surface area contributed by atoms with E-state index in [1.807, 2.05) is 0 Å². The highest BCUT2D eigenvalue weighted by Gasteiger charge is 2.12. The zero-order valence-electron chi connectivity index (χ0n) is 9.01. The van der Waals surface area contributed by atoms with Crippen molar-refractivity contribution in [1.82, 2.24) is 0 Å². The first-order valence-corrected chi connectivity index (χ1v) is 5.87. The van der Waals surface area contributed by atoms with Crippen molar-refractivity contribution in [3.8, 4) is 0 Å². The van der Waals surface area contributed by atoms with Gasteiger partial charge in [-0.2, -0.15) is 0 Å². The second kappa shape index (κ2) is 4.57. The van der Waals surface area contributed by atoms with Gasteiger partial charge in [0, 0.05) is 5.56 Å². The molecular weight excluding hydrogens is 236 g/mol. The second-order valence-electron chi connectivity index (χ2n) is 3.65. The van der Waals surface area contributed by atoms with Crippen LogP contribution in [-0.2, 0) is 6.61 Å². The van der Waals surface area contributed by atoms with Gasteiger partial charge in [-0.1, -0.05) is 0 Å². The van der Waals surface area contributed by atoms with E-state index in [2.05, 4.69) is 0 Å². The molecule has 0 fully saturated rings. The smallest absolute Gasteiger partial charge is 0.203 e. The molecule has 5 N–H and O–H groups in total. The van der Waals surface area contributed by atoms with Crippen LogP contribution in [0.5, 0.6) is 0 Å². The van der Waals surface area contributed by atoms with Gasteiger partial charge < -0.3 is 16.6 Å². The lowest BCUT2D eigenvalue weighted by Crippen LogP contribution is -2.02. The van der Waals surface area contributed by atoms with E-state index < -0.39 is 0 Å². The van der Waals surface area contributed by atoms with E-state index in [-0.39, 0.29) is 12.4 Å². The van der Waals surface area contributed by atoms with E-state index in [1.54, 1.807) is 29.6 Å². The minimum Gasteiger partial charge on any atom is -0.397 e. The van der Waals surface area contributed by atoms with Gasteiger partial charge in [0.2, 0.25) is 5.78 Å². The molecule has 0 spiro atoms. The number of aliphatic hydroxyl groups is 1. The van der Waals surface area contributed by atoms with Gasteiger partial charge in [0.05, 0.1) is 22.9 Å². The Labute approximate surface area is 102 Å². The van der Waals surface area contributed by atoms with E-state index in [4.69, 9.17) is 16.6 Å². The summed E-state index contributed by atoms with van der Waals surface area (Å²) in [5, 5.41) is 10.7. The topological polar surface area (TPSA) is 89.3 Å². The number of rotatable bonds is 3. The third-order valence-corrected chi connectivity index (χ3v) is 3.39. The average Bonchev–Trinajstić information content (AvgIpc) is 2.80. The molecule has 2 aromatic rings. The Hall–Kier alpha value is -1.85. The lowest BCUT2D eigenvalue weighted by molar-refractivity contribution is 0.104. The van der Waals surface area contributed by atoms with Crippen molar-refractivity contribution in [2.24, 2.45) is 0 Å². The molecule has 17 heavy (non-hydrogen) atoms.